The molecule has 2 saturated carbocycles. The van der Waals surface area contributed by atoms with Crippen molar-refractivity contribution in [3.63, 3.8) is 0 Å². The van der Waals surface area contributed by atoms with Gasteiger partial charge in [-0.15, -0.1) is 0 Å². The predicted molar refractivity (Wildman–Crippen MR) is 94.6 cm³/mol. The lowest BCUT2D eigenvalue weighted by Gasteiger charge is -2.53. The molecule has 4 atom stereocenters. The van der Waals surface area contributed by atoms with E-state index in [0.29, 0.717) is 30.8 Å². The van der Waals surface area contributed by atoms with Gasteiger partial charge in [0.15, 0.2) is 23.4 Å². The van der Waals surface area contributed by atoms with Crippen LogP contribution in [-0.2, 0) is 10.2 Å². The van der Waals surface area contributed by atoms with Crippen molar-refractivity contribution >= 4 is 5.78 Å². The third-order valence-corrected chi connectivity index (χ3v) is 7.72. The molecule has 138 valence electrons. The van der Waals surface area contributed by atoms with Crippen LogP contribution in [0, 0.1) is 5.92 Å². The highest BCUT2D eigenvalue weighted by molar-refractivity contribution is 5.90. The Labute approximate surface area is 153 Å². The fourth-order valence-electron chi connectivity index (χ4n) is 6.30. The first-order chi connectivity index (χ1) is 12.6. The number of rotatable bonds is 3. The molecule has 3 aliphatic heterocycles. The Morgan fingerprint density at radius 2 is 2.19 bits per heavy atom. The van der Waals surface area contributed by atoms with Gasteiger partial charge in [0.1, 0.15) is 0 Å². The minimum Gasteiger partial charge on any atom is -0.493 e. The molecule has 7 rings (SSSR count). The van der Waals surface area contributed by atoms with Gasteiger partial charge in [-0.05, 0) is 56.2 Å². The van der Waals surface area contributed by atoms with Crippen LogP contribution >= 0.6 is 0 Å². The Hall–Kier alpha value is -1.59. The largest absolute Gasteiger partial charge is 0.493 e. The van der Waals surface area contributed by atoms with Gasteiger partial charge in [-0.3, -0.25) is 9.69 Å². The van der Waals surface area contributed by atoms with E-state index >= 15 is 0 Å². The van der Waals surface area contributed by atoms with Crippen LogP contribution in [0.5, 0.6) is 11.5 Å². The smallest absolute Gasteiger partial charge is 0.174 e. The maximum absolute atomic E-state index is 12.8. The standard InChI is InChI=1S/C21H25NO4/c1-25-16-5-4-13-14-10-20(24)7-6-15(23)19-21(20,17(13)18(16)26-19)8-9-22(14)11-12-2-3-12/h4-5,12,14,19,24H,2-3,6-11H2,1H3. The number of aliphatic hydroxyl groups is 1. The molecule has 6 aliphatic rings. The molecule has 26 heavy (non-hydrogen) atoms. The zero-order valence-corrected chi connectivity index (χ0v) is 15.2. The van der Waals surface area contributed by atoms with E-state index in [1.165, 1.54) is 18.4 Å². The lowest BCUT2D eigenvalue weighted by molar-refractivity contribution is -0.153. The van der Waals surface area contributed by atoms with Crippen LogP contribution in [0.3, 0.4) is 0 Å². The first-order valence-corrected chi connectivity index (χ1v) is 9.94. The molecule has 1 aromatic rings. The number of carbonyl (C=O) groups excluding carboxylic acids is 1. The van der Waals surface area contributed by atoms with Crippen molar-refractivity contribution in [1.82, 2.24) is 4.90 Å². The van der Waals surface area contributed by atoms with Gasteiger partial charge in [-0.1, -0.05) is 6.07 Å². The second kappa shape index (κ2) is 4.82. The van der Waals surface area contributed by atoms with Crippen LogP contribution in [0.2, 0.25) is 0 Å². The Balaban J connectivity index is 1.61. The number of methoxy groups -OCH3 is 1. The summed E-state index contributed by atoms with van der Waals surface area (Å²) in [7, 11) is 1.64. The average molecular weight is 355 g/mol. The van der Waals surface area contributed by atoms with Crippen molar-refractivity contribution in [2.75, 3.05) is 20.2 Å². The topological polar surface area (TPSA) is 59.0 Å². The molecule has 0 radical (unpaired) electrons. The normalized spacial score (nSPS) is 40.2. The van der Waals surface area contributed by atoms with E-state index < -0.39 is 17.1 Å². The van der Waals surface area contributed by atoms with Crippen molar-refractivity contribution in [2.45, 2.75) is 61.7 Å². The molecule has 5 heteroatoms. The Bertz CT molecular complexity index is 818. The van der Waals surface area contributed by atoms with Crippen molar-refractivity contribution in [3.8, 4) is 11.5 Å². The fourth-order valence-corrected chi connectivity index (χ4v) is 6.30. The summed E-state index contributed by atoms with van der Waals surface area (Å²) < 4.78 is 11.8. The molecule has 2 bridgehead atoms. The maximum Gasteiger partial charge on any atom is 0.174 e. The average Bonchev–Trinajstić information content (AvgIpc) is 3.41. The van der Waals surface area contributed by atoms with Gasteiger partial charge in [-0.2, -0.15) is 0 Å². The second-order valence-electron chi connectivity index (χ2n) is 8.94. The van der Waals surface area contributed by atoms with E-state index in [2.05, 4.69) is 11.0 Å². The third kappa shape index (κ3) is 1.67. The summed E-state index contributed by atoms with van der Waals surface area (Å²) in [6.45, 7) is 2.03. The molecule has 5 nitrogen and oxygen atoms in total. The number of Topliss-reactive ketones (excluding diaryl/α,β-unsaturated/α-hetero) is 1. The summed E-state index contributed by atoms with van der Waals surface area (Å²) in [6, 6.07) is 4.34. The Morgan fingerprint density at radius 1 is 1.35 bits per heavy atom. The summed E-state index contributed by atoms with van der Waals surface area (Å²) in [5, 5.41) is 11.9. The maximum atomic E-state index is 12.8. The summed E-state index contributed by atoms with van der Waals surface area (Å²) in [4.78, 5) is 15.4. The van der Waals surface area contributed by atoms with Crippen LogP contribution in [0.4, 0.5) is 0 Å². The van der Waals surface area contributed by atoms with Gasteiger partial charge in [-0.25, -0.2) is 0 Å². The molecule has 3 aliphatic carbocycles. The van der Waals surface area contributed by atoms with E-state index in [0.717, 1.165) is 31.0 Å². The van der Waals surface area contributed by atoms with E-state index in [1.807, 2.05) is 6.07 Å². The first kappa shape index (κ1) is 15.5. The van der Waals surface area contributed by atoms with Crippen LogP contribution < -0.4 is 9.47 Å². The molecule has 1 aromatic carbocycles. The van der Waals surface area contributed by atoms with E-state index in [4.69, 9.17) is 9.47 Å². The molecule has 0 amide bonds. The highest BCUT2D eigenvalue weighted by Crippen LogP contribution is 2.66. The lowest BCUT2D eigenvalue weighted by Crippen LogP contribution is -2.64. The molecule has 1 saturated heterocycles. The lowest BCUT2D eigenvalue weighted by atomic mass is 9.52. The molecule has 0 aromatic heterocycles. The van der Waals surface area contributed by atoms with Gasteiger partial charge < -0.3 is 14.6 Å². The summed E-state index contributed by atoms with van der Waals surface area (Å²) in [5.41, 5.74) is 0.864. The zero-order valence-electron chi connectivity index (χ0n) is 15.2. The van der Waals surface area contributed by atoms with Crippen molar-refractivity contribution < 1.29 is 19.4 Å². The fraction of sp³-hybridized carbons (Fsp3) is 0.667. The molecular weight excluding hydrogens is 330 g/mol. The summed E-state index contributed by atoms with van der Waals surface area (Å²) in [5.74, 6) is 2.33. The highest BCUT2D eigenvalue weighted by atomic mass is 16.5. The minimum atomic E-state index is -0.862. The Kier molecular flexibility index (Phi) is 2.86. The number of nitrogens with zero attached hydrogens (tertiary/aromatic N) is 1. The molecule has 1 spiro atoms. The van der Waals surface area contributed by atoms with Gasteiger partial charge in [0.2, 0.25) is 0 Å². The number of carbonyl (C=O) groups is 1. The molecule has 4 unspecified atom stereocenters. The van der Waals surface area contributed by atoms with Crippen LogP contribution in [0.15, 0.2) is 12.1 Å². The first-order valence-electron chi connectivity index (χ1n) is 9.94. The summed E-state index contributed by atoms with van der Waals surface area (Å²) in [6.07, 6.45) is 4.54. The monoisotopic (exact) mass is 355 g/mol. The number of ether oxygens (including phenoxy) is 2. The van der Waals surface area contributed by atoms with E-state index in [1.54, 1.807) is 7.11 Å². The van der Waals surface area contributed by atoms with Gasteiger partial charge in [0.25, 0.3) is 0 Å². The predicted octanol–water partition coefficient (Wildman–Crippen LogP) is 2.35. The molecule has 3 heterocycles. The number of fused-ring (bicyclic) bond motifs is 2. The van der Waals surface area contributed by atoms with Crippen LogP contribution in [0.25, 0.3) is 0 Å². The molecule has 1 N–H and O–H groups in total. The molecular formula is C21H25NO4. The van der Waals surface area contributed by atoms with Crippen molar-refractivity contribution in [2.24, 2.45) is 5.92 Å². The number of ketones is 1. The number of hydrogen-bond acceptors (Lipinski definition) is 5. The van der Waals surface area contributed by atoms with Gasteiger partial charge in [0.05, 0.1) is 18.1 Å². The summed E-state index contributed by atoms with van der Waals surface area (Å²) >= 11 is 0. The van der Waals surface area contributed by atoms with E-state index in [-0.39, 0.29) is 11.8 Å². The van der Waals surface area contributed by atoms with Crippen LogP contribution in [0.1, 0.15) is 55.7 Å². The SMILES string of the molecule is COc1ccc2c3c1OC1C(=O)CCC4(O)CC2N(CC2CC2)CCC314. The van der Waals surface area contributed by atoms with Crippen molar-refractivity contribution in [1.29, 1.82) is 0 Å². The van der Waals surface area contributed by atoms with Gasteiger partial charge in [0, 0.05) is 24.6 Å². The van der Waals surface area contributed by atoms with Crippen molar-refractivity contribution in [3.05, 3.63) is 23.3 Å². The number of hydrogen-bond donors (Lipinski definition) is 1. The number of benzene rings is 1. The van der Waals surface area contributed by atoms with E-state index in [9.17, 15) is 9.90 Å². The second-order valence-corrected chi connectivity index (χ2v) is 8.94. The minimum absolute atomic E-state index is 0.132. The zero-order chi connectivity index (χ0) is 17.7. The Morgan fingerprint density at radius 3 is 2.96 bits per heavy atom. The molecule has 3 fully saturated rings. The third-order valence-electron chi connectivity index (χ3n) is 7.72. The van der Waals surface area contributed by atoms with Crippen LogP contribution in [-0.4, -0.2) is 47.7 Å². The highest BCUT2D eigenvalue weighted by Gasteiger charge is 2.70. The quantitative estimate of drug-likeness (QED) is 0.902. The van der Waals surface area contributed by atoms with Gasteiger partial charge >= 0.3 is 0 Å².